The van der Waals surface area contributed by atoms with Crippen LogP contribution in [0.4, 0.5) is 10.2 Å². The molecule has 8 heteroatoms. The Balaban J connectivity index is 2.37. The Hall–Kier alpha value is -3.29. The molecule has 0 bridgehead atoms. The molecule has 0 atom stereocenters. The van der Waals surface area contributed by atoms with Crippen molar-refractivity contribution in [1.29, 1.82) is 0 Å². The zero-order valence-corrected chi connectivity index (χ0v) is 10.9. The van der Waals surface area contributed by atoms with Crippen molar-refractivity contribution in [3.05, 3.63) is 57.1 Å². The highest BCUT2D eigenvalue weighted by atomic mass is 19.1. The van der Waals surface area contributed by atoms with Gasteiger partial charge in [0.15, 0.2) is 6.29 Å². The van der Waals surface area contributed by atoms with Gasteiger partial charge in [0.05, 0.1) is 16.8 Å². The second-order valence-corrected chi connectivity index (χ2v) is 4.60. The summed E-state index contributed by atoms with van der Waals surface area (Å²) in [7, 11) is 0. The molecule has 2 heterocycles. The highest BCUT2D eigenvalue weighted by molar-refractivity contribution is 6.23. The molecular weight excluding hydrogens is 293 g/mol. The van der Waals surface area contributed by atoms with E-state index in [4.69, 9.17) is 5.73 Å². The van der Waals surface area contributed by atoms with Crippen LogP contribution in [0, 0.1) is 5.82 Å². The minimum atomic E-state index is -0.735. The Morgan fingerprint density at radius 2 is 1.86 bits per heavy atom. The van der Waals surface area contributed by atoms with Gasteiger partial charge in [0.2, 0.25) is 0 Å². The number of amides is 2. The number of benzene rings is 1. The number of rotatable bonds is 2. The number of nitrogens with two attached hydrogens (primary N) is 1. The predicted molar refractivity (Wildman–Crippen MR) is 73.6 cm³/mol. The molecule has 1 aliphatic heterocycles. The first-order chi connectivity index (χ1) is 10.4. The Labute approximate surface area is 122 Å². The third-order valence-corrected chi connectivity index (χ3v) is 3.31. The lowest BCUT2D eigenvalue weighted by molar-refractivity contribution is 0.0879. The highest BCUT2D eigenvalue weighted by Gasteiger charge is 2.32. The van der Waals surface area contributed by atoms with Crippen LogP contribution >= 0.6 is 0 Å². The van der Waals surface area contributed by atoms with Crippen molar-refractivity contribution in [3.8, 4) is 5.69 Å². The molecule has 0 spiro atoms. The largest absolute Gasteiger partial charge is 0.384 e. The first-order valence-corrected chi connectivity index (χ1v) is 6.10. The number of fused-ring (bicyclic) bond motifs is 1. The number of aromatic nitrogens is 1. The summed E-state index contributed by atoms with van der Waals surface area (Å²) in [5.41, 5.74) is 4.75. The average Bonchev–Trinajstić information content (AvgIpc) is 2.75. The fraction of sp³-hybridized carbons (Fsp3) is 0. The number of carbonyl (C=O) groups is 3. The van der Waals surface area contributed by atoms with E-state index in [9.17, 15) is 23.6 Å². The summed E-state index contributed by atoms with van der Waals surface area (Å²) in [6, 6.07) is 4.13. The molecular formula is C14H8FN3O4. The lowest BCUT2D eigenvalue weighted by atomic mass is 10.1. The lowest BCUT2D eigenvalue weighted by Gasteiger charge is -2.13. The number of anilines is 1. The molecule has 3 rings (SSSR count). The molecule has 1 aromatic heterocycles. The Bertz CT molecular complexity index is 917. The van der Waals surface area contributed by atoms with Gasteiger partial charge in [-0.1, -0.05) is 0 Å². The van der Waals surface area contributed by atoms with Crippen LogP contribution in [0.3, 0.4) is 0 Å². The van der Waals surface area contributed by atoms with Gasteiger partial charge in [-0.05, 0) is 18.2 Å². The predicted octanol–water partition coefficient (Wildman–Crippen LogP) is 0.255. The quantitative estimate of drug-likeness (QED) is 0.610. The number of carbonyl (C=O) groups excluding carboxylic acids is 3. The average molecular weight is 301 g/mol. The Kier molecular flexibility index (Phi) is 2.87. The van der Waals surface area contributed by atoms with Crippen LogP contribution in [-0.4, -0.2) is 22.7 Å². The number of nitrogens with zero attached hydrogens (tertiary/aromatic N) is 1. The van der Waals surface area contributed by atoms with E-state index in [1.165, 1.54) is 6.07 Å². The van der Waals surface area contributed by atoms with Crippen molar-refractivity contribution in [2.24, 2.45) is 0 Å². The van der Waals surface area contributed by atoms with Crippen molar-refractivity contribution in [3.63, 3.8) is 0 Å². The van der Waals surface area contributed by atoms with Crippen molar-refractivity contribution in [1.82, 2.24) is 9.88 Å². The van der Waals surface area contributed by atoms with Crippen molar-refractivity contribution in [2.75, 3.05) is 5.73 Å². The molecule has 0 saturated heterocycles. The van der Waals surface area contributed by atoms with E-state index in [2.05, 4.69) is 0 Å². The Morgan fingerprint density at radius 1 is 1.14 bits per heavy atom. The van der Waals surface area contributed by atoms with Gasteiger partial charge in [-0.15, -0.1) is 0 Å². The highest BCUT2D eigenvalue weighted by Crippen LogP contribution is 2.24. The SMILES string of the molecule is Nc1c2c(cc(=O)n1-c1ccc(F)cc1C=O)C(=O)NC2=O. The second kappa shape index (κ2) is 4.62. The van der Waals surface area contributed by atoms with Crippen LogP contribution in [0.15, 0.2) is 29.1 Å². The zero-order valence-electron chi connectivity index (χ0n) is 10.9. The molecule has 110 valence electrons. The minimum absolute atomic E-state index is 0.0221. The van der Waals surface area contributed by atoms with E-state index in [0.717, 1.165) is 22.8 Å². The van der Waals surface area contributed by atoms with Crippen molar-refractivity contribution < 1.29 is 18.8 Å². The summed E-state index contributed by atoms with van der Waals surface area (Å²) < 4.78 is 14.1. The first kappa shape index (κ1) is 13.7. The van der Waals surface area contributed by atoms with Crippen LogP contribution in [0.5, 0.6) is 0 Å². The number of nitrogens with one attached hydrogen (secondary N) is 1. The fourth-order valence-corrected chi connectivity index (χ4v) is 2.35. The summed E-state index contributed by atoms with van der Waals surface area (Å²) in [4.78, 5) is 46.6. The van der Waals surface area contributed by atoms with E-state index >= 15 is 0 Å². The summed E-state index contributed by atoms with van der Waals surface area (Å²) in [5.74, 6) is -2.40. The van der Waals surface area contributed by atoms with Gasteiger partial charge in [0.1, 0.15) is 11.6 Å². The fourth-order valence-electron chi connectivity index (χ4n) is 2.35. The number of hydrogen-bond donors (Lipinski definition) is 2. The van der Waals surface area contributed by atoms with Crippen molar-refractivity contribution >= 4 is 23.9 Å². The number of aldehydes is 1. The summed E-state index contributed by atoms with van der Waals surface area (Å²) in [5, 5.41) is 2.03. The molecule has 0 fully saturated rings. The molecule has 7 nitrogen and oxygen atoms in total. The molecule has 1 aromatic carbocycles. The van der Waals surface area contributed by atoms with E-state index in [1.807, 2.05) is 5.32 Å². The number of hydrogen-bond acceptors (Lipinski definition) is 5. The first-order valence-electron chi connectivity index (χ1n) is 6.10. The van der Waals surface area contributed by atoms with Crippen LogP contribution < -0.4 is 16.6 Å². The standard InChI is InChI=1S/C14H8FN3O4/c15-7-1-2-9(6(3-7)5-19)18-10(20)4-8-11(12(18)16)14(22)17-13(8)21/h1-5H,16H2,(H,17,21,22). The Morgan fingerprint density at radius 3 is 2.55 bits per heavy atom. The van der Waals surface area contributed by atoms with Gasteiger partial charge >= 0.3 is 0 Å². The van der Waals surface area contributed by atoms with Crippen LogP contribution in [-0.2, 0) is 0 Å². The third-order valence-electron chi connectivity index (χ3n) is 3.31. The van der Waals surface area contributed by atoms with Gasteiger partial charge in [-0.25, -0.2) is 4.39 Å². The van der Waals surface area contributed by atoms with Gasteiger partial charge in [-0.3, -0.25) is 29.1 Å². The topological polar surface area (TPSA) is 111 Å². The maximum Gasteiger partial charge on any atom is 0.262 e. The normalized spacial score (nSPS) is 13.0. The number of imide groups is 1. The zero-order chi connectivity index (χ0) is 16.0. The summed E-state index contributed by atoms with van der Waals surface area (Å²) in [6.07, 6.45) is 0.364. The van der Waals surface area contributed by atoms with Crippen LogP contribution in [0.1, 0.15) is 31.1 Å². The molecule has 1 aliphatic rings. The van der Waals surface area contributed by atoms with E-state index in [1.54, 1.807) is 0 Å². The summed E-state index contributed by atoms with van der Waals surface area (Å²) >= 11 is 0. The minimum Gasteiger partial charge on any atom is -0.384 e. The third kappa shape index (κ3) is 1.81. The molecule has 0 saturated carbocycles. The van der Waals surface area contributed by atoms with Gasteiger partial charge in [-0.2, -0.15) is 0 Å². The molecule has 0 radical (unpaired) electrons. The maximum atomic E-state index is 13.2. The monoisotopic (exact) mass is 301 g/mol. The summed E-state index contributed by atoms with van der Waals surface area (Å²) in [6.45, 7) is 0. The molecule has 0 aliphatic carbocycles. The number of halogens is 1. The molecule has 2 aromatic rings. The molecule has 22 heavy (non-hydrogen) atoms. The smallest absolute Gasteiger partial charge is 0.262 e. The van der Waals surface area contributed by atoms with Gasteiger partial charge in [0.25, 0.3) is 17.4 Å². The lowest BCUT2D eigenvalue weighted by Crippen LogP contribution is -2.25. The van der Waals surface area contributed by atoms with Crippen molar-refractivity contribution in [2.45, 2.75) is 0 Å². The van der Waals surface area contributed by atoms with Crippen LogP contribution in [0.2, 0.25) is 0 Å². The van der Waals surface area contributed by atoms with E-state index < -0.39 is 23.2 Å². The number of pyridine rings is 1. The van der Waals surface area contributed by atoms with E-state index in [0.29, 0.717) is 6.29 Å². The van der Waals surface area contributed by atoms with Crippen LogP contribution in [0.25, 0.3) is 5.69 Å². The van der Waals surface area contributed by atoms with Gasteiger partial charge in [0, 0.05) is 11.6 Å². The molecule has 2 amide bonds. The second-order valence-electron chi connectivity index (χ2n) is 4.60. The molecule has 0 unspecified atom stereocenters. The number of nitrogen functional groups attached to an aromatic ring is 1. The van der Waals surface area contributed by atoms with E-state index in [-0.39, 0.29) is 28.2 Å². The molecule has 3 N–H and O–H groups in total. The maximum absolute atomic E-state index is 13.2. The van der Waals surface area contributed by atoms with Gasteiger partial charge < -0.3 is 5.73 Å².